The average molecular weight is 619 g/mol. The molecule has 0 aliphatic carbocycles. The van der Waals surface area contributed by atoms with Crippen LogP contribution in [0.2, 0.25) is 0 Å². The summed E-state index contributed by atoms with van der Waals surface area (Å²) in [5.41, 5.74) is 1.26. The fraction of sp³-hybridized carbons (Fsp3) is 0.375. The molecule has 1 aliphatic heterocycles. The Morgan fingerprint density at radius 1 is 0.955 bits per heavy atom. The largest absolute Gasteiger partial charge is 0.573 e. The van der Waals surface area contributed by atoms with Crippen LogP contribution >= 0.6 is 0 Å². The smallest absolute Gasteiger partial charge is 0.497 e. The number of fused-ring (bicyclic) bond motifs is 1. The first-order valence-electron chi connectivity index (χ1n) is 14.0. The summed E-state index contributed by atoms with van der Waals surface area (Å²) < 4.78 is 73.1. The van der Waals surface area contributed by atoms with Gasteiger partial charge in [-0.2, -0.15) is 0 Å². The van der Waals surface area contributed by atoms with Gasteiger partial charge in [-0.1, -0.05) is 18.2 Å². The lowest BCUT2D eigenvalue weighted by atomic mass is 10.0. The second kappa shape index (κ2) is 13.4. The van der Waals surface area contributed by atoms with Gasteiger partial charge in [-0.3, -0.25) is 9.59 Å². The predicted molar refractivity (Wildman–Crippen MR) is 156 cm³/mol. The standard InChI is InChI=1S/C32H34F4N2O6/c1-31(2,3)44-28(39)6-5-15-42-26-17-23(16-25(18-26)41-4)37-29(21-7-10-22(33)11-8-21)30(40)38-14-13-20-9-12-24(19-27(20)38)43-32(34,35)36/h7-12,16-19,29,37H,5-6,13-15H2,1-4H3. The van der Waals surface area contributed by atoms with E-state index in [1.165, 1.54) is 54.5 Å². The van der Waals surface area contributed by atoms with Gasteiger partial charge in [0, 0.05) is 42.9 Å². The highest BCUT2D eigenvalue weighted by atomic mass is 19.4. The number of esters is 1. The number of carbonyl (C=O) groups excluding carboxylic acids is 2. The number of amides is 1. The molecule has 1 unspecified atom stereocenters. The summed E-state index contributed by atoms with van der Waals surface area (Å²) in [6.07, 6.45) is -3.88. The van der Waals surface area contributed by atoms with E-state index in [0.717, 1.165) is 0 Å². The van der Waals surface area contributed by atoms with Crippen LogP contribution in [0.25, 0.3) is 0 Å². The molecule has 1 N–H and O–H groups in total. The molecule has 0 radical (unpaired) electrons. The van der Waals surface area contributed by atoms with Crippen molar-refractivity contribution in [2.45, 2.75) is 58.0 Å². The molecule has 3 aromatic carbocycles. The van der Waals surface area contributed by atoms with Gasteiger partial charge in [0.25, 0.3) is 5.91 Å². The molecule has 0 saturated carbocycles. The van der Waals surface area contributed by atoms with Crippen molar-refractivity contribution in [2.75, 3.05) is 30.5 Å². The van der Waals surface area contributed by atoms with Gasteiger partial charge >= 0.3 is 12.3 Å². The first kappa shape index (κ1) is 32.4. The van der Waals surface area contributed by atoms with E-state index in [9.17, 15) is 27.2 Å². The fourth-order valence-electron chi connectivity index (χ4n) is 4.71. The SMILES string of the molecule is COc1cc(NC(C(=O)N2CCc3ccc(OC(F)(F)F)cc32)c2ccc(F)cc2)cc(OCCCC(=O)OC(C)(C)C)c1. The minimum absolute atomic E-state index is 0.167. The zero-order valence-corrected chi connectivity index (χ0v) is 24.8. The molecular weight excluding hydrogens is 584 g/mol. The van der Waals surface area contributed by atoms with Crippen LogP contribution in [0.4, 0.5) is 28.9 Å². The van der Waals surface area contributed by atoms with E-state index in [4.69, 9.17) is 14.2 Å². The van der Waals surface area contributed by atoms with Crippen LogP contribution in [0.5, 0.6) is 17.2 Å². The third-order valence-corrected chi connectivity index (χ3v) is 6.54. The molecule has 0 fully saturated rings. The number of halogens is 4. The van der Waals surface area contributed by atoms with Gasteiger partial charge in [0.15, 0.2) is 0 Å². The Bertz CT molecular complexity index is 1470. The van der Waals surface area contributed by atoms with Crippen LogP contribution in [0.3, 0.4) is 0 Å². The van der Waals surface area contributed by atoms with Crippen LogP contribution in [0, 0.1) is 5.82 Å². The third kappa shape index (κ3) is 9.01. The summed E-state index contributed by atoms with van der Waals surface area (Å²) in [7, 11) is 1.47. The molecule has 0 aromatic heterocycles. The van der Waals surface area contributed by atoms with Gasteiger partial charge in [-0.15, -0.1) is 13.2 Å². The maximum absolute atomic E-state index is 14.0. The van der Waals surface area contributed by atoms with Crippen LogP contribution < -0.4 is 24.4 Å². The lowest BCUT2D eigenvalue weighted by molar-refractivity contribution is -0.274. The number of nitrogens with one attached hydrogen (secondary N) is 1. The van der Waals surface area contributed by atoms with Crippen molar-refractivity contribution in [3.8, 4) is 17.2 Å². The summed E-state index contributed by atoms with van der Waals surface area (Å²) in [5.74, 6) is -0.922. The molecule has 0 spiro atoms. The Kier molecular flexibility index (Phi) is 9.91. The molecule has 1 atom stereocenters. The van der Waals surface area contributed by atoms with E-state index in [-0.39, 0.29) is 25.5 Å². The van der Waals surface area contributed by atoms with E-state index < -0.39 is 35.5 Å². The molecule has 4 rings (SSSR count). The summed E-state index contributed by atoms with van der Waals surface area (Å²) in [5, 5.41) is 3.17. The zero-order chi connectivity index (χ0) is 32.1. The molecule has 12 heteroatoms. The summed E-state index contributed by atoms with van der Waals surface area (Å²) >= 11 is 0. The summed E-state index contributed by atoms with van der Waals surface area (Å²) in [6, 6.07) is 13.1. The lowest BCUT2D eigenvalue weighted by Crippen LogP contribution is -2.37. The number of benzene rings is 3. The van der Waals surface area contributed by atoms with Crippen molar-refractivity contribution in [1.82, 2.24) is 0 Å². The first-order chi connectivity index (χ1) is 20.7. The minimum atomic E-state index is -4.89. The van der Waals surface area contributed by atoms with E-state index in [2.05, 4.69) is 10.1 Å². The molecule has 236 valence electrons. The van der Waals surface area contributed by atoms with E-state index >= 15 is 0 Å². The third-order valence-electron chi connectivity index (χ3n) is 6.54. The highest BCUT2D eigenvalue weighted by Crippen LogP contribution is 2.37. The molecule has 44 heavy (non-hydrogen) atoms. The van der Waals surface area contributed by atoms with Crippen molar-refractivity contribution < 1.29 is 46.1 Å². The highest BCUT2D eigenvalue weighted by Gasteiger charge is 2.34. The number of alkyl halides is 3. The first-order valence-corrected chi connectivity index (χ1v) is 14.0. The second-order valence-corrected chi connectivity index (χ2v) is 11.1. The molecule has 1 heterocycles. The van der Waals surface area contributed by atoms with Crippen molar-refractivity contribution in [1.29, 1.82) is 0 Å². The normalized spacial score (nSPS) is 13.6. The fourth-order valence-corrected chi connectivity index (χ4v) is 4.71. The Morgan fingerprint density at radius 3 is 2.32 bits per heavy atom. The van der Waals surface area contributed by atoms with Gasteiger partial charge < -0.3 is 29.2 Å². The number of rotatable bonds is 11. The monoisotopic (exact) mass is 618 g/mol. The molecule has 1 aliphatic rings. The van der Waals surface area contributed by atoms with Crippen LogP contribution in [0.15, 0.2) is 60.7 Å². The van der Waals surface area contributed by atoms with Crippen molar-refractivity contribution in [3.63, 3.8) is 0 Å². The molecule has 3 aromatic rings. The molecule has 1 amide bonds. The van der Waals surface area contributed by atoms with E-state index in [1.807, 2.05) is 0 Å². The van der Waals surface area contributed by atoms with E-state index in [0.29, 0.717) is 46.8 Å². The summed E-state index contributed by atoms with van der Waals surface area (Å²) in [6.45, 7) is 5.81. The topological polar surface area (TPSA) is 86.3 Å². The van der Waals surface area contributed by atoms with Crippen LogP contribution in [-0.4, -0.2) is 44.1 Å². The Labute approximate surface area is 252 Å². The lowest BCUT2D eigenvalue weighted by Gasteiger charge is -2.26. The van der Waals surface area contributed by atoms with Crippen molar-refractivity contribution >= 4 is 23.3 Å². The molecule has 8 nitrogen and oxygen atoms in total. The number of hydrogen-bond donors (Lipinski definition) is 1. The van der Waals surface area contributed by atoms with E-state index in [1.54, 1.807) is 39.0 Å². The maximum atomic E-state index is 14.0. The molecule has 0 saturated heterocycles. The number of hydrogen-bond acceptors (Lipinski definition) is 7. The van der Waals surface area contributed by atoms with Gasteiger partial charge in [-0.25, -0.2) is 4.39 Å². The zero-order valence-electron chi connectivity index (χ0n) is 24.8. The Balaban J connectivity index is 1.56. The van der Waals surface area contributed by atoms with Crippen LogP contribution in [-0.2, 0) is 20.7 Å². The second-order valence-electron chi connectivity index (χ2n) is 11.1. The van der Waals surface area contributed by atoms with Gasteiger partial charge in [-0.05, 0) is 62.9 Å². The van der Waals surface area contributed by atoms with Crippen molar-refractivity contribution in [2.24, 2.45) is 0 Å². The quantitative estimate of drug-likeness (QED) is 0.141. The van der Waals surface area contributed by atoms with Crippen molar-refractivity contribution in [3.05, 3.63) is 77.6 Å². The Hall–Kier alpha value is -4.48. The van der Waals surface area contributed by atoms with Crippen LogP contribution in [0.1, 0.15) is 50.8 Å². The number of anilines is 2. The Morgan fingerprint density at radius 2 is 1.66 bits per heavy atom. The predicted octanol–water partition coefficient (Wildman–Crippen LogP) is 6.98. The van der Waals surface area contributed by atoms with Gasteiger partial charge in [0.2, 0.25) is 0 Å². The van der Waals surface area contributed by atoms with Gasteiger partial charge in [0.05, 0.1) is 19.4 Å². The highest BCUT2D eigenvalue weighted by molar-refractivity contribution is 6.01. The minimum Gasteiger partial charge on any atom is -0.497 e. The summed E-state index contributed by atoms with van der Waals surface area (Å²) in [4.78, 5) is 27.4. The maximum Gasteiger partial charge on any atom is 0.573 e. The molecular formula is C32H34F4N2O6. The number of nitrogens with zero attached hydrogens (tertiary/aromatic N) is 1. The number of carbonyl (C=O) groups is 2. The molecule has 0 bridgehead atoms. The number of ether oxygens (including phenoxy) is 4. The van der Waals surface area contributed by atoms with Gasteiger partial charge in [0.1, 0.15) is 34.7 Å². The average Bonchev–Trinajstić information content (AvgIpc) is 3.35. The number of methoxy groups -OCH3 is 1.